The molecule has 40 heavy (non-hydrogen) atoms. The van der Waals surface area contributed by atoms with E-state index < -0.39 is 0 Å². The van der Waals surface area contributed by atoms with Crippen LogP contribution in [0.4, 0.5) is 11.6 Å². The number of benzene rings is 1. The highest BCUT2D eigenvalue weighted by Gasteiger charge is 2.43. The third-order valence-electron chi connectivity index (χ3n) is 8.40. The van der Waals surface area contributed by atoms with Gasteiger partial charge in [-0.15, -0.1) is 0 Å². The highest BCUT2D eigenvalue weighted by molar-refractivity contribution is 5.92. The average Bonchev–Trinajstić information content (AvgIpc) is 3.42. The lowest BCUT2D eigenvalue weighted by Gasteiger charge is -2.27. The second kappa shape index (κ2) is 10.2. The normalized spacial score (nSPS) is 21.5. The fourth-order valence-electron chi connectivity index (χ4n) is 6.16. The van der Waals surface area contributed by atoms with Crippen molar-refractivity contribution in [3.63, 3.8) is 0 Å². The van der Waals surface area contributed by atoms with Crippen LogP contribution in [0.2, 0.25) is 0 Å². The van der Waals surface area contributed by atoms with Gasteiger partial charge in [0, 0.05) is 62.4 Å². The fraction of sp³-hybridized carbons (Fsp3) is 0.433. The molecule has 10 heteroatoms. The van der Waals surface area contributed by atoms with E-state index in [1.807, 2.05) is 40.8 Å². The minimum Gasteiger partial charge on any atom is -0.388 e. The van der Waals surface area contributed by atoms with Crippen molar-refractivity contribution in [2.24, 2.45) is 5.92 Å². The van der Waals surface area contributed by atoms with E-state index in [2.05, 4.69) is 28.9 Å². The van der Waals surface area contributed by atoms with Gasteiger partial charge in [-0.1, -0.05) is 36.9 Å². The Morgan fingerprint density at radius 2 is 1.88 bits per heavy atom. The predicted molar refractivity (Wildman–Crippen MR) is 154 cm³/mol. The van der Waals surface area contributed by atoms with Crippen LogP contribution >= 0.6 is 0 Å². The highest BCUT2D eigenvalue weighted by Crippen LogP contribution is 2.51. The second-order valence-corrected chi connectivity index (χ2v) is 10.8. The molecule has 2 aliphatic heterocycles. The summed E-state index contributed by atoms with van der Waals surface area (Å²) in [5, 5.41) is 3.25. The van der Waals surface area contributed by atoms with E-state index in [1.54, 1.807) is 0 Å². The second-order valence-electron chi connectivity index (χ2n) is 10.8. The number of ether oxygens (including phenoxy) is 1. The molecule has 2 unspecified atom stereocenters. The van der Waals surface area contributed by atoms with Crippen LogP contribution < -0.4 is 10.2 Å². The first kappa shape index (κ1) is 25.0. The maximum absolute atomic E-state index is 13.9. The molecule has 10 nitrogen and oxygen atoms in total. The number of nitrogens with zero attached hydrogens (tertiary/aromatic N) is 7. The fourth-order valence-corrected chi connectivity index (χ4v) is 6.16. The third kappa shape index (κ3) is 4.27. The van der Waals surface area contributed by atoms with Crippen LogP contribution in [0, 0.1) is 5.92 Å². The number of allylic oxidation sites excluding steroid dienone is 2. The molecule has 1 N–H and O–H groups in total. The van der Waals surface area contributed by atoms with Gasteiger partial charge in [0.1, 0.15) is 0 Å². The number of aromatic nitrogens is 5. The molecule has 2 atom stereocenters. The smallest absolute Gasteiger partial charge is 0.290 e. The SMILES string of the molecule is C=Cc1c(NC)cccc1-c1nc(N2CCOCC2)nc(-n2c(C(=O)N3CCCC3)nc3c2CC=CC2CC32)n1. The van der Waals surface area contributed by atoms with Gasteiger partial charge in [-0.05, 0) is 31.2 Å². The molecule has 3 fully saturated rings. The topological polar surface area (TPSA) is 101 Å². The monoisotopic (exact) mass is 538 g/mol. The molecule has 4 heterocycles. The number of nitrogens with one attached hydrogen (secondary N) is 1. The number of imidazole rings is 1. The Hall–Kier alpha value is -4.05. The van der Waals surface area contributed by atoms with Crippen LogP contribution in [0.15, 0.2) is 36.9 Å². The molecule has 3 aromatic rings. The van der Waals surface area contributed by atoms with Gasteiger partial charge in [-0.3, -0.25) is 9.36 Å². The van der Waals surface area contributed by atoms with E-state index in [9.17, 15) is 4.79 Å². The van der Waals surface area contributed by atoms with Gasteiger partial charge in [0.05, 0.1) is 24.6 Å². The Morgan fingerprint density at radius 3 is 2.65 bits per heavy atom. The van der Waals surface area contributed by atoms with Crippen molar-refractivity contribution in [3.05, 3.63) is 59.7 Å². The molecule has 206 valence electrons. The number of amides is 1. The van der Waals surface area contributed by atoms with Crippen LogP contribution in [0.5, 0.6) is 0 Å². The van der Waals surface area contributed by atoms with Gasteiger partial charge >= 0.3 is 0 Å². The number of likely N-dealkylation sites (tertiary alicyclic amines) is 1. The molecule has 0 spiro atoms. The van der Waals surface area contributed by atoms with Crippen LogP contribution in [0.25, 0.3) is 23.4 Å². The van der Waals surface area contributed by atoms with Gasteiger partial charge in [-0.25, -0.2) is 4.98 Å². The molecule has 1 saturated carbocycles. The summed E-state index contributed by atoms with van der Waals surface area (Å²) in [6, 6.07) is 5.99. The largest absolute Gasteiger partial charge is 0.388 e. The van der Waals surface area contributed by atoms with Crippen LogP contribution in [-0.2, 0) is 11.2 Å². The Morgan fingerprint density at radius 1 is 1.07 bits per heavy atom. The number of hydrogen-bond donors (Lipinski definition) is 1. The molecule has 1 amide bonds. The average molecular weight is 539 g/mol. The Kier molecular flexibility index (Phi) is 6.34. The molecule has 0 radical (unpaired) electrons. The van der Waals surface area contributed by atoms with Gasteiger partial charge < -0.3 is 19.9 Å². The number of hydrogen-bond acceptors (Lipinski definition) is 8. The number of fused-ring (bicyclic) bond motifs is 3. The molecule has 0 bridgehead atoms. The van der Waals surface area contributed by atoms with E-state index in [-0.39, 0.29) is 5.91 Å². The Bertz CT molecular complexity index is 1500. The Labute approximate surface area is 233 Å². The highest BCUT2D eigenvalue weighted by atomic mass is 16.5. The number of anilines is 2. The van der Waals surface area contributed by atoms with Gasteiger partial charge in [0.2, 0.25) is 17.7 Å². The molecule has 2 aliphatic carbocycles. The lowest BCUT2D eigenvalue weighted by atomic mass is 10.0. The summed E-state index contributed by atoms with van der Waals surface area (Å²) in [6.45, 7) is 8.15. The summed E-state index contributed by atoms with van der Waals surface area (Å²) < 4.78 is 7.53. The summed E-state index contributed by atoms with van der Waals surface area (Å²) in [6.07, 6.45) is 10.1. The molecule has 1 aromatic carbocycles. The number of rotatable bonds is 6. The first-order chi connectivity index (χ1) is 19.7. The van der Waals surface area contributed by atoms with Gasteiger partial charge in [-0.2, -0.15) is 15.0 Å². The van der Waals surface area contributed by atoms with E-state index in [0.29, 0.717) is 68.1 Å². The van der Waals surface area contributed by atoms with Crippen molar-refractivity contribution in [1.29, 1.82) is 0 Å². The first-order valence-electron chi connectivity index (χ1n) is 14.3. The van der Waals surface area contributed by atoms with Crippen molar-refractivity contribution in [2.45, 2.75) is 31.6 Å². The Balaban J connectivity index is 1.44. The lowest BCUT2D eigenvalue weighted by molar-refractivity contribution is 0.0778. The van der Waals surface area contributed by atoms with E-state index in [0.717, 1.165) is 60.6 Å². The minimum atomic E-state index is -0.0504. The van der Waals surface area contributed by atoms with E-state index in [4.69, 9.17) is 24.7 Å². The zero-order chi connectivity index (χ0) is 27.2. The lowest BCUT2D eigenvalue weighted by Crippen LogP contribution is -2.38. The number of carbonyl (C=O) groups is 1. The van der Waals surface area contributed by atoms with Crippen molar-refractivity contribution >= 4 is 23.6 Å². The predicted octanol–water partition coefficient (Wildman–Crippen LogP) is 3.70. The summed E-state index contributed by atoms with van der Waals surface area (Å²) >= 11 is 0. The summed E-state index contributed by atoms with van der Waals surface area (Å²) in [4.78, 5) is 38.0. The summed E-state index contributed by atoms with van der Waals surface area (Å²) in [5.74, 6) is 2.74. The number of morpholine rings is 1. The molecule has 7 rings (SSSR count). The number of carbonyl (C=O) groups excluding carboxylic acids is 1. The van der Waals surface area contributed by atoms with E-state index in [1.165, 1.54) is 0 Å². The quantitative estimate of drug-likeness (QED) is 0.474. The maximum atomic E-state index is 13.9. The first-order valence-corrected chi connectivity index (χ1v) is 14.3. The summed E-state index contributed by atoms with van der Waals surface area (Å²) in [7, 11) is 1.89. The van der Waals surface area contributed by atoms with Gasteiger partial charge in [0.15, 0.2) is 5.82 Å². The van der Waals surface area contributed by atoms with E-state index >= 15 is 0 Å². The molecular weight excluding hydrogens is 504 g/mol. The summed E-state index contributed by atoms with van der Waals surface area (Å²) in [5.41, 5.74) is 4.71. The third-order valence-corrected chi connectivity index (χ3v) is 8.40. The van der Waals surface area contributed by atoms with Gasteiger partial charge in [0.25, 0.3) is 5.91 Å². The zero-order valence-electron chi connectivity index (χ0n) is 22.8. The molecular formula is C30H34N8O2. The standard InChI is InChI=1S/C30H34N8O2/c1-3-20-21(9-7-10-23(20)31-2)26-33-29(37-14-16-40-17-15-37)35-30(34-26)38-24-11-6-8-19-18-22(19)25(24)32-27(38)28(39)36-12-4-5-13-36/h3,6-10,19,22,31H,1,4-5,11-18H2,2H3. The van der Waals surface area contributed by atoms with Crippen LogP contribution in [0.3, 0.4) is 0 Å². The molecule has 2 saturated heterocycles. The molecule has 4 aliphatic rings. The van der Waals surface area contributed by atoms with Crippen molar-refractivity contribution < 1.29 is 9.53 Å². The minimum absolute atomic E-state index is 0.0504. The zero-order valence-corrected chi connectivity index (χ0v) is 22.8. The van der Waals surface area contributed by atoms with Crippen molar-refractivity contribution in [1.82, 2.24) is 29.4 Å². The van der Waals surface area contributed by atoms with Crippen LogP contribution in [0.1, 0.15) is 52.8 Å². The maximum Gasteiger partial charge on any atom is 0.290 e. The van der Waals surface area contributed by atoms with Crippen LogP contribution in [-0.4, -0.2) is 81.8 Å². The van der Waals surface area contributed by atoms with Crippen molar-refractivity contribution in [2.75, 3.05) is 56.7 Å². The van der Waals surface area contributed by atoms with Crippen molar-refractivity contribution in [3.8, 4) is 17.3 Å². The molecule has 2 aromatic heterocycles.